The predicted octanol–water partition coefficient (Wildman–Crippen LogP) is 4.26. The van der Waals surface area contributed by atoms with Crippen LogP contribution in [0, 0.1) is 0 Å². The van der Waals surface area contributed by atoms with E-state index in [2.05, 4.69) is 9.88 Å². The van der Waals surface area contributed by atoms with Crippen LogP contribution in [0.5, 0.6) is 0 Å². The predicted molar refractivity (Wildman–Crippen MR) is 156 cm³/mol. The standard InChI is InChI=1S/C29H24Cl2N6O3/c30-21-2-1-3-22(31)25(21)26-27(28(32)40)37-9-8-23-20(29(37)34-26)14-18(15-33-23)17-4-6-19(7-5-17)35-10-12-36(13-11-35)24(39)16-38/h1-9,14-15,38H,10-13,16H2,(H2,32,40). The molecule has 202 valence electrons. The number of pyridine rings is 2. The molecule has 6 rings (SSSR count). The van der Waals surface area contributed by atoms with Crippen molar-refractivity contribution >= 4 is 57.3 Å². The second kappa shape index (κ2) is 10.4. The van der Waals surface area contributed by atoms with Crippen LogP contribution in [0.2, 0.25) is 10.0 Å². The molecule has 1 fully saturated rings. The third kappa shape index (κ3) is 4.52. The van der Waals surface area contributed by atoms with Gasteiger partial charge in [-0.1, -0.05) is 41.4 Å². The van der Waals surface area contributed by atoms with Crippen LogP contribution in [0.4, 0.5) is 5.69 Å². The van der Waals surface area contributed by atoms with Gasteiger partial charge in [-0.15, -0.1) is 0 Å². The fraction of sp³-hybridized carbons (Fsp3) is 0.172. The Bertz CT molecular complexity index is 1760. The molecule has 2 aromatic carbocycles. The minimum Gasteiger partial charge on any atom is -0.387 e. The number of hydrogen-bond donors (Lipinski definition) is 2. The molecule has 4 heterocycles. The average molecular weight is 575 g/mol. The number of aliphatic hydroxyl groups excluding tert-OH is 1. The smallest absolute Gasteiger partial charge is 0.268 e. The molecule has 1 aliphatic rings. The van der Waals surface area contributed by atoms with Gasteiger partial charge in [-0.3, -0.25) is 19.0 Å². The van der Waals surface area contributed by atoms with Gasteiger partial charge < -0.3 is 20.6 Å². The van der Waals surface area contributed by atoms with Crippen LogP contribution < -0.4 is 10.6 Å². The summed E-state index contributed by atoms with van der Waals surface area (Å²) in [6.45, 7) is 2.08. The van der Waals surface area contributed by atoms with Crippen molar-refractivity contribution in [3.63, 3.8) is 0 Å². The summed E-state index contributed by atoms with van der Waals surface area (Å²) in [6, 6.07) is 17.0. The lowest BCUT2D eigenvalue weighted by Crippen LogP contribution is -2.49. The third-order valence-corrected chi connectivity index (χ3v) is 7.85. The molecule has 3 N–H and O–H groups in total. The number of rotatable bonds is 5. The van der Waals surface area contributed by atoms with E-state index in [-0.39, 0.29) is 11.6 Å². The van der Waals surface area contributed by atoms with Crippen LogP contribution in [0.1, 0.15) is 10.5 Å². The average Bonchev–Trinajstić information content (AvgIpc) is 3.36. The molecule has 1 aliphatic heterocycles. The maximum Gasteiger partial charge on any atom is 0.268 e. The van der Waals surface area contributed by atoms with Crippen LogP contribution in [0.3, 0.4) is 0 Å². The fourth-order valence-corrected chi connectivity index (χ4v) is 5.75. The van der Waals surface area contributed by atoms with Gasteiger partial charge in [0.1, 0.15) is 23.6 Å². The number of carbonyl (C=O) groups is 2. The molecule has 0 saturated carbocycles. The fourth-order valence-electron chi connectivity index (χ4n) is 5.17. The molecule has 0 aliphatic carbocycles. The van der Waals surface area contributed by atoms with Crippen molar-refractivity contribution in [3.05, 3.63) is 82.7 Å². The first-order chi connectivity index (χ1) is 19.4. The number of aliphatic hydroxyl groups is 1. The Morgan fingerprint density at radius 3 is 2.30 bits per heavy atom. The first-order valence-corrected chi connectivity index (χ1v) is 13.4. The second-order valence-corrected chi connectivity index (χ2v) is 10.3. The number of benzene rings is 2. The first kappa shape index (κ1) is 26.1. The highest BCUT2D eigenvalue weighted by Crippen LogP contribution is 2.37. The van der Waals surface area contributed by atoms with E-state index >= 15 is 0 Å². The highest BCUT2D eigenvalue weighted by atomic mass is 35.5. The number of carbonyl (C=O) groups excluding carboxylic acids is 2. The lowest BCUT2D eigenvalue weighted by atomic mass is 10.1. The minimum atomic E-state index is -0.654. The van der Waals surface area contributed by atoms with E-state index in [1.807, 2.05) is 36.4 Å². The second-order valence-electron chi connectivity index (χ2n) is 9.51. The summed E-state index contributed by atoms with van der Waals surface area (Å²) in [5.74, 6) is -0.894. The van der Waals surface area contributed by atoms with E-state index in [9.17, 15) is 9.59 Å². The van der Waals surface area contributed by atoms with E-state index < -0.39 is 12.5 Å². The van der Waals surface area contributed by atoms with E-state index in [1.54, 1.807) is 39.9 Å². The zero-order valence-corrected chi connectivity index (χ0v) is 22.7. The van der Waals surface area contributed by atoms with E-state index in [1.165, 1.54) is 0 Å². The Kier molecular flexibility index (Phi) is 6.79. The zero-order chi connectivity index (χ0) is 28.0. The van der Waals surface area contributed by atoms with Crippen molar-refractivity contribution in [2.75, 3.05) is 37.7 Å². The van der Waals surface area contributed by atoms with Crippen molar-refractivity contribution in [1.29, 1.82) is 0 Å². The Labute approximate surface area is 239 Å². The zero-order valence-electron chi connectivity index (χ0n) is 21.2. The monoisotopic (exact) mass is 574 g/mol. The first-order valence-electron chi connectivity index (χ1n) is 12.6. The van der Waals surface area contributed by atoms with Crippen LogP contribution in [0.15, 0.2) is 67.0 Å². The number of halogens is 2. The number of piperazine rings is 1. The lowest BCUT2D eigenvalue weighted by Gasteiger charge is -2.36. The molecular weight excluding hydrogens is 551 g/mol. The van der Waals surface area contributed by atoms with Gasteiger partial charge in [0.25, 0.3) is 5.91 Å². The van der Waals surface area contributed by atoms with Gasteiger partial charge in [-0.25, -0.2) is 4.98 Å². The van der Waals surface area contributed by atoms with Gasteiger partial charge >= 0.3 is 0 Å². The molecule has 2 amide bonds. The van der Waals surface area contributed by atoms with Gasteiger partial charge in [0.2, 0.25) is 5.91 Å². The summed E-state index contributed by atoms with van der Waals surface area (Å²) < 4.78 is 1.65. The molecule has 0 bridgehead atoms. The molecule has 9 nitrogen and oxygen atoms in total. The molecule has 0 atom stereocenters. The van der Waals surface area contributed by atoms with Crippen molar-refractivity contribution in [1.82, 2.24) is 19.3 Å². The van der Waals surface area contributed by atoms with Gasteiger partial charge in [0.05, 0.1) is 15.6 Å². The quantitative estimate of drug-likeness (QED) is 0.324. The SMILES string of the molecule is NC(=O)c1c(-c2c(Cl)cccc2Cl)nc2c3cc(-c4ccc(N5CCN(C(=O)CO)CC5)cc4)cnc3ccn12. The maximum absolute atomic E-state index is 12.6. The Balaban J connectivity index is 1.38. The van der Waals surface area contributed by atoms with Crippen molar-refractivity contribution in [3.8, 4) is 22.4 Å². The van der Waals surface area contributed by atoms with Crippen LogP contribution >= 0.6 is 23.2 Å². The largest absolute Gasteiger partial charge is 0.387 e. The highest BCUT2D eigenvalue weighted by molar-refractivity contribution is 6.39. The van der Waals surface area contributed by atoms with Gasteiger partial charge in [0, 0.05) is 60.8 Å². The van der Waals surface area contributed by atoms with Crippen molar-refractivity contribution < 1.29 is 14.7 Å². The molecule has 3 aromatic heterocycles. The van der Waals surface area contributed by atoms with Crippen LogP contribution in [0.25, 0.3) is 38.9 Å². The number of amides is 2. The van der Waals surface area contributed by atoms with Crippen LogP contribution in [-0.4, -0.2) is 69.0 Å². The molecule has 0 radical (unpaired) electrons. The van der Waals surface area contributed by atoms with E-state index in [0.29, 0.717) is 58.6 Å². The maximum atomic E-state index is 12.6. The molecule has 40 heavy (non-hydrogen) atoms. The van der Waals surface area contributed by atoms with Crippen molar-refractivity contribution in [2.45, 2.75) is 0 Å². The number of aromatic nitrogens is 3. The normalized spacial score (nSPS) is 13.8. The van der Waals surface area contributed by atoms with Gasteiger partial charge in [-0.2, -0.15) is 0 Å². The summed E-state index contributed by atoms with van der Waals surface area (Å²) in [7, 11) is 0. The molecule has 5 aromatic rings. The number of anilines is 1. The molecule has 11 heteroatoms. The Morgan fingerprint density at radius 1 is 0.950 bits per heavy atom. The summed E-state index contributed by atoms with van der Waals surface area (Å²) >= 11 is 12.9. The van der Waals surface area contributed by atoms with E-state index in [0.717, 1.165) is 22.2 Å². The molecule has 0 unspecified atom stereocenters. The molecular formula is C29H24Cl2N6O3. The lowest BCUT2D eigenvalue weighted by molar-refractivity contribution is -0.134. The van der Waals surface area contributed by atoms with Gasteiger partial charge in [-0.05, 0) is 42.0 Å². The number of fused-ring (bicyclic) bond motifs is 3. The topological polar surface area (TPSA) is 117 Å². The Hall–Kier alpha value is -4.18. The number of hydrogen-bond acceptors (Lipinski definition) is 6. The highest BCUT2D eigenvalue weighted by Gasteiger charge is 2.24. The number of primary amides is 1. The van der Waals surface area contributed by atoms with Crippen LogP contribution in [-0.2, 0) is 4.79 Å². The van der Waals surface area contributed by atoms with Crippen molar-refractivity contribution in [2.24, 2.45) is 5.73 Å². The minimum absolute atomic E-state index is 0.183. The van der Waals surface area contributed by atoms with Gasteiger partial charge in [0.15, 0.2) is 0 Å². The Morgan fingerprint density at radius 2 is 1.65 bits per heavy atom. The molecule has 0 spiro atoms. The number of nitrogens with two attached hydrogens (primary N) is 1. The van der Waals surface area contributed by atoms with E-state index in [4.69, 9.17) is 39.0 Å². The third-order valence-electron chi connectivity index (χ3n) is 7.22. The molecule has 1 saturated heterocycles. The summed E-state index contributed by atoms with van der Waals surface area (Å²) in [5.41, 5.74) is 10.9. The summed E-state index contributed by atoms with van der Waals surface area (Å²) in [4.78, 5) is 37.7. The summed E-state index contributed by atoms with van der Waals surface area (Å²) in [5, 5.41) is 10.6. The number of nitrogens with zero attached hydrogens (tertiary/aromatic N) is 5. The summed E-state index contributed by atoms with van der Waals surface area (Å²) in [6.07, 6.45) is 3.52. The number of imidazole rings is 1.